The average molecular weight is 518 g/mol. The van der Waals surface area contributed by atoms with E-state index in [4.69, 9.17) is 16.3 Å². The number of amides is 3. The van der Waals surface area contributed by atoms with Crippen molar-refractivity contribution in [2.45, 2.75) is 25.5 Å². The lowest BCUT2D eigenvalue weighted by atomic mass is 10.1. The number of nitrogens with zero attached hydrogens (tertiary/aromatic N) is 3. The smallest absolute Gasteiger partial charge is 0.289 e. The molecule has 3 aromatic rings. The quantitative estimate of drug-likeness (QED) is 0.430. The van der Waals surface area contributed by atoms with Crippen molar-refractivity contribution in [2.75, 3.05) is 23.8 Å². The number of halogens is 2. The Balaban J connectivity index is 1.63. The first-order valence-electron chi connectivity index (χ1n) is 10.8. The Morgan fingerprint density at radius 2 is 2.03 bits per heavy atom. The number of aromatic nitrogens is 2. The molecule has 1 unspecified atom stereocenters. The first kappa shape index (κ1) is 24.7. The largest absolute Gasteiger partial charge is 0.492 e. The molecule has 0 spiro atoms. The number of hydrogen-bond acceptors (Lipinski definition) is 8. The molecule has 2 N–H and O–H groups in total. The van der Waals surface area contributed by atoms with Gasteiger partial charge in [0, 0.05) is 17.1 Å². The van der Waals surface area contributed by atoms with Gasteiger partial charge < -0.3 is 15.4 Å². The van der Waals surface area contributed by atoms with Crippen LogP contribution in [0.4, 0.5) is 26.4 Å². The lowest BCUT2D eigenvalue weighted by Crippen LogP contribution is -2.38. The van der Waals surface area contributed by atoms with Crippen LogP contribution in [0.2, 0.25) is 5.02 Å². The number of fused-ring (bicyclic) bond motifs is 1. The number of hydrogen-bond donors (Lipinski definition) is 2. The summed E-state index contributed by atoms with van der Waals surface area (Å²) in [6.45, 7) is 3.53. The minimum atomic E-state index is -0.555. The Bertz CT molecular complexity index is 1320. The molecule has 4 rings (SSSR count). The molecular formula is C23H21ClFN5O4S. The van der Waals surface area contributed by atoms with E-state index in [1.54, 1.807) is 19.1 Å². The summed E-state index contributed by atoms with van der Waals surface area (Å²) in [7, 11) is 0. The number of imide groups is 1. The van der Waals surface area contributed by atoms with Crippen LogP contribution in [-0.4, -0.2) is 50.3 Å². The van der Waals surface area contributed by atoms with Gasteiger partial charge in [-0.3, -0.25) is 19.3 Å². The van der Waals surface area contributed by atoms with Gasteiger partial charge in [-0.05, 0) is 37.6 Å². The number of benzene rings is 2. The van der Waals surface area contributed by atoms with Gasteiger partial charge >= 0.3 is 0 Å². The third-order valence-electron chi connectivity index (χ3n) is 5.17. The minimum absolute atomic E-state index is 0.0468. The molecule has 0 radical (unpaired) electrons. The van der Waals surface area contributed by atoms with Crippen LogP contribution < -0.4 is 15.4 Å². The second-order valence-electron chi connectivity index (χ2n) is 7.53. The Hall–Kier alpha value is -3.44. The maximum Gasteiger partial charge on any atom is 0.289 e. The molecule has 1 aliphatic heterocycles. The normalized spacial score (nSPS) is 15.5. The SMILES string of the molecule is CCOc1cc2ncnc(Nc3ccc(F)c(Cl)c3)c2cc1NC(=O)CN1C(=O)SC(CC)C1=O. The summed E-state index contributed by atoms with van der Waals surface area (Å²) in [6.07, 6.45) is 1.86. The van der Waals surface area contributed by atoms with Crippen LogP contribution in [0.5, 0.6) is 5.75 Å². The fraction of sp³-hybridized carbons (Fsp3) is 0.261. The molecule has 0 bridgehead atoms. The molecule has 0 saturated carbocycles. The number of thioether (sulfide) groups is 1. The molecule has 3 amide bonds. The summed E-state index contributed by atoms with van der Waals surface area (Å²) in [5.41, 5.74) is 1.35. The van der Waals surface area contributed by atoms with Crippen LogP contribution in [0.3, 0.4) is 0 Å². The van der Waals surface area contributed by atoms with Crippen molar-refractivity contribution < 1.29 is 23.5 Å². The molecule has 1 atom stereocenters. The fourth-order valence-electron chi connectivity index (χ4n) is 3.50. The highest BCUT2D eigenvalue weighted by molar-refractivity contribution is 8.15. The highest BCUT2D eigenvalue weighted by Gasteiger charge is 2.39. The lowest BCUT2D eigenvalue weighted by molar-refractivity contribution is -0.130. The fourth-order valence-corrected chi connectivity index (χ4v) is 4.60. The van der Waals surface area contributed by atoms with E-state index in [1.807, 2.05) is 6.92 Å². The van der Waals surface area contributed by atoms with Gasteiger partial charge in [0.25, 0.3) is 5.24 Å². The van der Waals surface area contributed by atoms with Crippen molar-refractivity contribution in [3.05, 3.63) is 47.5 Å². The standard InChI is InChI=1S/C23H21ClFN5O4S/c1-3-19-22(32)30(23(33)35-19)10-20(31)29-17-8-13-16(9-18(17)34-4-2)26-11-27-21(13)28-12-5-6-15(25)14(24)7-12/h5-9,11,19H,3-4,10H2,1-2H3,(H,29,31)(H,26,27,28). The number of carbonyl (C=O) groups is 3. The molecule has 1 aromatic heterocycles. The topological polar surface area (TPSA) is 114 Å². The van der Waals surface area contributed by atoms with E-state index in [0.717, 1.165) is 16.7 Å². The molecule has 2 aromatic carbocycles. The van der Waals surface area contributed by atoms with Gasteiger partial charge in [-0.15, -0.1) is 0 Å². The van der Waals surface area contributed by atoms with Crippen molar-refractivity contribution in [2.24, 2.45) is 0 Å². The van der Waals surface area contributed by atoms with Crippen molar-refractivity contribution in [1.82, 2.24) is 14.9 Å². The van der Waals surface area contributed by atoms with Crippen molar-refractivity contribution in [1.29, 1.82) is 0 Å². The van der Waals surface area contributed by atoms with Crippen molar-refractivity contribution >= 4 is 68.5 Å². The zero-order valence-electron chi connectivity index (χ0n) is 18.8. The highest BCUT2D eigenvalue weighted by atomic mass is 35.5. The maximum atomic E-state index is 13.5. The van der Waals surface area contributed by atoms with Crippen LogP contribution in [0, 0.1) is 5.82 Å². The van der Waals surface area contributed by atoms with Gasteiger partial charge in [-0.25, -0.2) is 14.4 Å². The lowest BCUT2D eigenvalue weighted by Gasteiger charge is -2.17. The van der Waals surface area contributed by atoms with Gasteiger partial charge in [0.15, 0.2) is 0 Å². The number of anilines is 3. The monoisotopic (exact) mass is 517 g/mol. The summed E-state index contributed by atoms with van der Waals surface area (Å²) in [5.74, 6) is -0.721. The number of rotatable bonds is 8. The Kier molecular flexibility index (Phi) is 7.37. The van der Waals surface area contributed by atoms with E-state index in [9.17, 15) is 18.8 Å². The molecule has 0 aliphatic carbocycles. The molecule has 1 aliphatic rings. The minimum Gasteiger partial charge on any atom is -0.492 e. The van der Waals surface area contributed by atoms with E-state index in [1.165, 1.54) is 24.5 Å². The summed E-state index contributed by atoms with van der Waals surface area (Å²) < 4.78 is 19.2. The van der Waals surface area contributed by atoms with E-state index in [2.05, 4.69) is 20.6 Å². The third kappa shape index (κ3) is 5.30. The highest BCUT2D eigenvalue weighted by Crippen LogP contribution is 2.34. The maximum absolute atomic E-state index is 13.5. The van der Waals surface area contributed by atoms with E-state index >= 15 is 0 Å². The first-order chi connectivity index (χ1) is 16.8. The summed E-state index contributed by atoms with van der Waals surface area (Å²) >= 11 is 6.80. The molecular weight excluding hydrogens is 497 g/mol. The van der Waals surface area contributed by atoms with E-state index in [0.29, 0.717) is 46.9 Å². The van der Waals surface area contributed by atoms with E-state index in [-0.39, 0.29) is 10.9 Å². The second kappa shape index (κ2) is 10.4. The number of ether oxygens (including phenoxy) is 1. The summed E-state index contributed by atoms with van der Waals surface area (Å²) in [5, 5.41) is 5.37. The molecule has 182 valence electrons. The van der Waals surface area contributed by atoms with Crippen LogP contribution in [0.15, 0.2) is 36.7 Å². The Morgan fingerprint density at radius 3 is 2.71 bits per heavy atom. The van der Waals surface area contributed by atoms with Crippen LogP contribution in [0.25, 0.3) is 10.9 Å². The summed E-state index contributed by atoms with van der Waals surface area (Å²) in [6, 6.07) is 7.44. The molecule has 2 heterocycles. The van der Waals surface area contributed by atoms with Crippen LogP contribution in [-0.2, 0) is 9.59 Å². The van der Waals surface area contributed by atoms with Crippen LogP contribution >= 0.6 is 23.4 Å². The van der Waals surface area contributed by atoms with Gasteiger partial charge in [0.1, 0.15) is 30.3 Å². The number of carbonyl (C=O) groups excluding carboxylic acids is 3. The third-order valence-corrected chi connectivity index (χ3v) is 6.70. The van der Waals surface area contributed by atoms with Gasteiger partial charge in [-0.2, -0.15) is 0 Å². The predicted molar refractivity (Wildman–Crippen MR) is 133 cm³/mol. The molecule has 12 heteroatoms. The molecule has 1 fully saturated rings. The van der Waals surface area contributed by atoms with Crippen molar-refractivity contribution in [3.63, 3.8) is 0 Å². The van der Waals surface area contributed by atoms with Gasteiger partial charge in [0.2, 0.25) is 11.8 Å². The molecule has 35 heavy (non-hydrogen) atoms. The molecule has 1 saturated heterocycles. The van der Waals surface area contributed by atoms with Gasteiger partial charge in [0.05, 0.1) is 28.1 Å². The van der Waals surface area contributed by atoms with Crippen LogP contribution in [0.1, 0.15) is 20.3 Å². The van der Waals surface area contributed by atoms with Crippen molar-refractivity contribution in [3.8, 4) is 5.75 Å². The predicted octanol–water partition coefficient (Wildman–Crippen LogP) is 4.98. The second-order valence-corrected chi connectivity index (χ2v) is 9.09. The Labute approximate surface area is 209 Å². The zero-order chi connectivity index (χ0) is 25.1. The van der Waals surface area contributed by atoms with E-state index < -0.39 is 28.8 Å². The Morgan fingerprint density at radius 1 is 1.23 bits per heavy atom. The summed E-state index contributed by atoms with van der Waals surface area (Å²) in [4.78, 5) is 46.8. The zero-order valence-corrected chi connectivity index (χ0v) is 20.4. The number of nitrogens with one attached hydrogen (secondary N) is 2. The average Bonchev–Trinajstić information content (AvgIpc) is 3.10. The first-order valence-corrected chi connectivity index (χ1v) is 12.0. The molecule has 9 nitrogen and oxygen atoms in total. The van der Waals surface area contributed by atoms with Gasteiger partial charge in [-0.1, -0.05) is 30.3 Å².